The largest absolute Gasteiger partial charge is 0.389 e. The third kappa shape index (κ3) is 3.06. The first-order valence-electron chi connectivity index (χ1n) is 6.38. The van der Waals surface area contributed by atoms with Gasteiger partial charge in [-0.05, 0) is 25.0 Å². The minimum atomic E-state index is -0.641. The van der Waals surface area contributed by atoms with Crippen LogP contribution in [0.1, 0.15) is 25.8 Å². The Morgan fingerprint density at radius 2 is 2.06 bits per heavy atom. The molecule has 0 bridgehead atoms. The molecule has 1 atom stereocenters. The zero-order chi connectivity index (χ0) is 13.0. The van der Waals surface area contributed by atoms with Gasteiger partial charge in [0, 0.05) is 24.7 Å². The predicted molar refractivity (Wildman–Crippen MR) is 74.4 cm³/mol. The van der Waals surface area contributed by atoms with Crippen molar-refractivity contribution in [3.05, 3.63) is 42.1 Å². The summed E-state index contributed by atoms with van der Waals surface area (Å²) in [5.74, 6) is 0. The summed E-state index contributed by atoms with van der Waals surface area (Å²) in [6, 6.07) is 10.2. The Hall–Kier alpha value is -1.45. The van der Waals surface area contributed by atoms with Gasteiger partial charge >= 0.3 is 0 Å². The van der Waals surface area contributed by atoms with Crippen LogP contribution in [0.2, 0.25) is 0 Å². The molecular weight excluding hydrogens is 224 g/mol. The zero-order valence-electron chi connectivity index (χ0n) is 11.0. The lowest BCUT2D eigenvalue weighted by atomic mass is 10.0. The highest BCUT2D eigenvalue weighted by atomic mass is 16.3. The molecule has 2 N–H and O–H groups in total. The molecule has 1 aromatic carbocycles. The molecule has 0 aliphatic carbocycles. The maximum absolute atomic E-state index is 9.94. The van der Waals surface area contributed by atoms with Crippen LogP contribution in [-0.4, -0.2) is 22.2 Å². The number of aromatic nitrogens is 1. The molecule has 0 saturated carbocycles. The lowest BCUT2D eigenvalue weighted by Crippen LogP contribution is -2.36. The summed E-state index contributed by atoms with van der Waals surface area (Å²) in [7, 11) is 0. The summed E-state index contributed by atoms with van der Waals surface area (Å²) in [5.41, 5.74) is 1.56. The van der Waals surface area contributed by atoms with Gasteiger partial charge in [-0.3, -0.25) is 4.98 Å². The third-order valence-corrected chi connectivity index (χ3v) is 3.30. The number of pyridine rings is 1. The molecule has 0 spiro atoms. The summed E-state index contributed by atoms with van der Waals surface area (Å²) >= 11 is 0. The summed E-state index contributed by atoms with van der Waals surface area (Å²) < 4.78 is 0. The summed E-state index contributed by atoms with van der Waals surface area (Å²) in [6.07, 6.45) is 2.56. The lowest BCUT2D eigenvalue weighted by molar-refractivity contribution is 0.0556. The predicted octanol–water partition coefficient (Wildman–Crippen LogP) is 2.49. The van der Waals surface area contributed by atoms with Crippen LogP contribution in [0.3, 0.4) is 0 Å². The maximum atomic E-state index is 9.94. The van der Waals surface area contributed by atoms with Gasteiger partial charge in [-0.2, -0.15) is 0 Å². The van der Waals surface area contributed by atoms with Crippen LogP contribution in [0.15, 0.2) is 36.5 Å². The number of rotatable bonds is 5. The minimum absolute atomic E-state index is 0.590. The van der Waals surface area contributed by atoms with Crippen LogP contribution in [-0.2, 0) is 6.54 Å². The van der Waals surface area contributed by atoms with Gasteiger partial charge in [0.25, 0.3) is 0 Å². The van der Waals surface area contributed by atoms with E-state index in [-0.39, 0.29) is 0 Å². The summed E-state index contributed by atoms with van der Waals surface area (Å²) in [4.78, 5) is 4.41. The smallest absolute Gasteiger partial charge is 0.0746 e. The highest BCUT2D eigenvalue weighted by Gasteiger charge is 2.16. The van der Waals surface area contributed by atoms with Crippen LogP contribution in [0, 0.1) is 0 Å². The van der Waals surface area contributed by atoms with Crippen molar-refractivity contribution in [2.75, 3.05) is 6.54 Å². The molecule has 2 rings (SSSR count). The molecule has 18 heavy (non-hydrogen) atoms. The van der Waals surface area contributed by atoms with E-state index in [0.717, 1.165) is 23.9 Å². The van der Waals surface area contributed by atoms with E-state index in [1.165, 1.54) is 5.56 Å². The number of nitrogens with one attached hydrogen (secondary N) is 1. The Morgan fingerprint density at radius 1 is 1.28 bits per heavy atom. The van der Waals surface area contributed by atoms with Crippen molar-refractivity contribution in [3.63, 3.8) is 0 Å². The molecule has 1 unspecified atom stereocenters. The van der Waals surface area contributed by atoms with Gasteiger partial charge in [-0.1, -0.05) is 31.2 Å². The van der Waals surface area contributed by atoms with Crippen molar-refractivity contribution in [2.45, 2.75) is 32.4 Å². The molecule has 3 nitrogen and oxygen atoms in total. The number of hydrogen-bond donors (Lipinski definition) is 2. The van der Waals surface area contributed by atoms with Gasteiger partial charge in [-0.15, -0.1) is 0 Å². The highest BCUT2D eigenvalue weighted by Crippen LogP contribution is 2.16. The van der Waals surface area contributed by atoms with E-state index in [2.05, 4.69) is 28.5 Å². The fourth-order valence-electron chi connectivity index (χ4n) is 1.90. The molecule has 0 saturated heterocycles. The standard InChI is InChI=1S/C15H20N2O/c1-3-15(2,18)11-16-10-13-7-4-6-12-8-5-9-17-14(12)13/h4-9,16,18H,3,10-11H2,1-2H3. The first-order valence-corrected chi connectivity index (χ1v) is 6.38. The highest BCUT2D eigenvalue weighted by molar-refractivity contribution is 5.81. The van der Waals surface area contributed by atoms with Crippen molar-refractivity contribution in [1.82, 2.24) is 10.3 Å². The zero-order valence-corrected chi connectivity index (χ0v) is 11.0. The molecule has 0 radical (unpaired) electrons. The topological polar surface area (TPSA) is 45.1 Å². The quantitative estimate of drug-likeness (QED) is 0.849. The maximum Gasteiger partial charge on any atom is 0.0746 e. The molecule has 96 valence electrons. The number of aliphatic hydroxyl groups is 1. The van der Waals surface area contributed by atoms with Gasteiger partial charge in [0.1, 0.15) is 0 Å². The molecular formula is C15H20N2O. The molecule has 0 fully saturated rings. The van der Waals surface area contributed by atoms with Gasteiger partial charge < -0.3 is 10.4 Å². The van der Waals surface area contributed by atoms with E-state index in [4.69, 9.17) is 0 Å². The molecule has 1 aromatic heterocycles. The number of hydrogen-bond acceptors (Lipinski definition) is 3. The van der Waals surface area contributed by atoms with E-state index in [1.54, 1.807) is 0 Å². The van der Waals surface area contributed by atoms with Crippen LogP contribution < -0.4 is 5.32 Å². The normalized spacial score (nSPS) is 14.6. The number of para-hydroxylation sites is 1. The van der Waals surface area contributed by atoms with Gasteiger partial charge in [0.15, 0.2) is 0 Å². The summed E-state index contributed by atoms with van der Waals surface area (Å²) in [5, 5.41) is 14.4. The van der Waals surface area contributed by atoms with E-state index >= 15 is 0 Å². The molecule has 0 amide bonds. The second kappa shape index (κ2) is 5.46. The first kappa shape index (κ1) is 13.0. The average Bonchev–Trinajstić information content (AvgIpc) is 2.39. The number of benzene rings is 1. The number of nitrogens with zero attached hydrogens (tertiary/aromatic N) is 1. The second-order valence-corrected chi connectivity index (χ2v) is 4.95. The molecule has 2 aromatic rings. The fraction of sp³-hybridized carbons (Fsp3) is 0.400. The first-order chi connectivity index (χ1) is 8.62. The van der Waals surface area contributed by atoms with Gasteiger partial charge in [-0.25, -0.2) is 0 Å². The van der Waals surface area contributed by atoms with Crippen molar-refractivity contribution in [3.8, 4) is 0 Å². The van der Waals surface area contributed by atoms with Crippen LogP contribution in [0.5, 0.6) is 0 Å². The van der Waals surface area contributed by atoms with Crippen LogP contribution in [0.25, 0.3) is 10.9 Å². The SMILES string of the molecule is CCC(C)(O)CNCc1cccc2cccnc12. The van der Waals surface area contributed by atoms with Crippen LogP contribution in [0.4, 0.5) is 0 Å². The van der Waals surface area contributed by atoms with Crippen molar-refractivity contribution >= 4 is 10.9 Å². The average molecular weight is 244 g/mol. The van der Waals surface area contributed by atoms with E-state index in [0.29, 0.717) is 6.54 Å². The van der Waals surface area contributed by atoms with Crippen molar-refractivity contribution in [1.29, 1.82) is 0 Å². The van der Waals surface area contributed by atoms with Gasteiger partial charge in [0.2, 0.25) is 0 Å². The van der Waals surface area contributed by atoms with Crippen molar-refractivity contribution in [2.24, 2.45) is 0 Å². The van der Waals surface area contributed by atoms with Crippen molar-refractivity contribution < 1.29 is 5.11 Å². The Bertz CT molecular complexity index is 517. The van der Waals surface area contributed by atoms with E-state index < -0.39 is 5.60 Å². The fourth-order valence-corrected chi connectivity index (χ4v) is 1.90. The Labute approximate surface area is 108 Å². The molecule has 0 aliphatic rings. The Kier molecular flexibility index (Phi) is 3.94. The van der Waals surface area contributed by atoms with E-state index in [1.807, 2.05) is 32.2 Å². The Balaban J connectivity index is 2.08. The van der Waals surface area contributed by atoms with Gasteiger partial charge in [0.05, 0.1) is 11.1 Å². The molecule has 3 heteroatoms. The van der Waals surface area contributed by atoms with E-state index in [9.17, 15) is 5.11 Å². The lowest BCUT2D eigenvalue weighted by Gasteiger charge is -2.21. The third-order valence-electron chi connectivity index (χ3n) is 3.30. The van der Waals surface area contributed by atoms with Crippen LogP contribution >= 0.6 is 0 Å². The summed E-state index contributed by atoms with van der Waals surface area (Å²) in [6.45, 7) is 5.15. The molecule has 1 heterocycles. The minimum Gasteiger partial charge on any atom is -0.389 e. The number of fused-ring (bicyclic) bond motifs is 1. The Morgan fingerprint density at radius 3 is 2.83 bits per heavy atom. The second-order valence-electron chi connectivity index (χ2n) is 4.95. The molecule has 0 aliphatic heterocycles. The monoisotopic (exact) mass is 244 g/mol.